The number of rotatable bonds is 6. The zero-order valence-corrected chi connectivity index (χ0v) is 23.6. The number of pyridine rings is 1. The number of likely N-dealkylation sites (N-methyl/N-ethyl adjacent to an activating group) is 1. The second kappa shape index (κ2) is 10.1. The zero-order chi connectivity index (χ0) is 29.1. The minimum absolute atomic E-state index is 0.114. The summed E-state index contributed by atoms with van der Waals surface area (Å²) in [5.41, 5.74) is 2.25. The Morgan fingerprint density at radius 2 is 1.83 bits per heavy atom. The molecule has 4 aromatic rings. The van der Waals surface area contributed by atoms with E-state index in [1.165, 1.54) is 21.3 Å². The molecule has 6 rings (SSSR count). The van der Waals surface area contributed by atoms with Crippen molar-refractivity contribution in [3.63, 3.8) is 0 Å². The summed E-state index contributed by atoms with van der Waals surface area (Å²) >= 11 is 6.54. The third-order valence-electron chi connectivity index (χ3n) is 8.16. The molecule has 0 unspecified atom stereocenters. The maximum atomic E-state index is 15.0. The molecule has 2 aromatic heterocycles. The Balaban J connectivity index is 1.35. The number of aryl methyl sites for hydroxylation is 1. The van der Waals surface area contributed by atoms with Gasteiger partial charge in [0, 0.05) is 62.1 Å². The van der Waals surface area contributed by atoms with E-state index in [1.807, 2.05) is 23.9 Å². The van der Waals surface area contributed by atoms with Gasteiger partial charge in [-0.05, 0) is 67.7 Å². The van der Waals surface area contributed by atoms with Gasteiger partial charge in [-0.1, -0.05) is 17.7 Å². The molecule has 2 aromatic carbocycles. The molecule has 3 N–H and O–H groups in total. The molecule has 212 valence electrons. The lowest BCUT2D eigenvalue weighted by Gasteiger charge is -2.43. The fourth-order valence-corrected chi connectivity index (χ4v) is 6.06. The van der Waals surface area contributed by atoms with Crippen LogP contribution in [0, 0.1) is 5.82 Å². The Bertz CT molecular complexity index is 1750. The smallest absolute Gasteiger partial charge is 0.332 e. The van der Waals surface area contributed by atoms with E-state index in [9.17, 15) is 19.4 Å². The minimum Gasteiger partial charge on any atom is -0.507 e. The number of aliphatic hydroxyl groups is 1. The standard InChI is InChI=1S/C30H30ClFN6O3/c1-35(2)30(25-7-9-33-25)17-37(16-26(30)39)27-13-19(6-8-34-27)22-15-20(32)14-21(28(22)40)18-4-5-24(23(31)12-18)38-11-10-36(3)29(38)41/h4-8,10-15,26,33,39-40H,9,16-17H2,1-3H3/t26-,30+/m1/s1. The van der Waals surface area contributed by atoms with E-state index in [2.05, 4.69) is 16.4 Å². The third-order valence-corrected chi connectivity index (χ3v) is 8.46. The Labute approximate surface area is 241 Å². The number of hydrogen-bond acceptors (Lipinski definition) is 7. The molecular weight excluding hydrogens is 547 g/mol. The highest BCUT2D eigenvalue weighted by atomic mass is 35.5. The number of anilines is 1. The number of aromatic hydroxyl groups is 1. The summed E-state index contributed by atoms with van der Waals surface area (Å²) in [5, 5.41) is 26.1. The molecule has 11 heteroatoms. The number of hydrogen-bond donors (Lipinski definition) is 3. The van der Waals surface area contributed by atoms with E-state index in [4.69, 9.17) is 11.6 Å². The second-order valence-corrected chi connectivity index (χ2v) is 11.1. The van der Waals surface area contributed by atoms with Crippen LogP contribution in [0.15, 0.2) is 77.6 Å². The van der Waals surface area contributed by atoms with Gasteiger partial charge in [-0.25, -0.2) is 14.2 Å². The number of aliphatic hydroxyl groups excluding tert-OH is 1. The van der Waals surface area contributed by atoms with Gasteiger partial charge in [0.1, 0.15) is 22.9 Å². The number of phenols is 1. The lowest BCUT2D eigenvalue weighted by Crippen LogP contribution is -2.60. The number of halogens is 2. The first-order valence-corrected chi connectivity index (χ1v) is 13.6. The highest BCUT2D eigenvalue weighted by molar-refractivity contribution is 6.32. The van der Waals surface area contributed by atoms with Crippen molar-refractivity contribution in [2.75, 3.05) is 38.6 Å². The van der Waals surface area contributed by atoms with Gasteiger partial charge in [0.15, 0.2) is 0 Å². The van der Waals surface area contributed by atoms with Gasteiger partial charge in [0.2, 0.25) is 0 Å². The number of nitrogens with one attached hydrogen (secondary N) is 1. The van der Waals surface area contributed by atoms with E-state index >= 15 is 0 Å². The quantitative estimate of drug-likeness (QED) is 0.324. The lowest BCUT2D eigenvalue weighted by atomic mass is 9.87. The van der Waals surface area contributed by atoms with Crippen LogP contribution in [0.3, 0.4) is 0 Å². The number of benzene rings is 2. The van der Waals surface area contributed by atoms with Gasteiger partial charge >= 0.3 is 5.69 Å². The Morgan fingerprint density at radius 3 is 2.41 bits per heavy atom. The molecule has 41 heavy (non-hydrogen) atoms. The van der Waals surface area contributed by atoms with E-state index in [-0.39, 0.29) is 22.0 Å². The fraction of sp³-hybridized carbons (Fsp3) is 0.267. The summed E-state index contributed by atoms with van der Waals surface area (Å²) in [7, 11) is 5.53. The second-order valence-electron chi connectivity index (χ2n) is 10.7. The van der Waals surface area contributed by atoms with Gasteiger partial charge in [-0.2, -0.15) is 0 Å². The van der Waals surface area contributed by atoms with Crippen molar-refractivity contribution >= 4 is 17.4 Å². The normalized spacial score (nSPS) is 20.2. The SMILES string of the molecule is CN(C)[C@]1(C2=CCN2)CN(c2cc(-c3cc(F)cc(-c4ccc(-n5ccn(C)c5=O)c(Cl)c4)c3O)ccn2)C[C@H]1O. The molecule has 0 aliphatic carbocycles. The highest BCUT2D eigenvalue weighted by Gasteiger charge is 2.52. The van der Waals surface area contributed by atoms with Crippen LogP contribution in [0.25, 0.3) is 27.9 Å². The highest BCUT2D eigenvalue weighted by Crippen LogP contribution is 2.42. The summed E-state index contributed by atoms with van der Waals surface area (Å²) < 4.78 is 17.8. The summed E-state index contributed by atoms with van der Waals surface area (Å²) in [6.07, 6.45) is 6.28. The predicted octanol–water partition coefficient (Wildman–Crippen LogP) is 3.37. The van der Waals surface area contributed by atoms with Crippen molar-refractivity contribution in [3.05, 3.63) is 94.2 Å². The topological polar surface area (TPSA) is 98.8 Å². The first-order chi connectivity index (χ1) is 19.6. The molecule has 0 amide bonds. The van der Waals surface area contributed by atoms with Gasteiger partial charge in [-0.3, -0.25) is 9.47 Å². The fourth-order valence-electron chi connectivity index (χ4n) is 5.79. The summed E-state index contributed by atoms with van der Waals surface area (Å²) in [4.78, 5) is 20.9. The first-order valence-electron chi connectivity index (χ1n) is 13.2. The monoisotopic (exact) mass is 576 g/mol. The van der Waals surface area contributed by atoms with Crippen LogP contribution in [0.1, 0.15) is 0 Å². The Hall–Kier alpha value is -4.12. The number of phenolic OH excluding ortho intramolecular Hbond substituents is 1. The van der Waals surface area contributed by atoms with Crippen molar-refractivity contribution in [2.45, 2.75) is 11.6 Å². The number of imidazole rings is 1. The molecule has 2 aliphatic heterocycles. The van der Waals surface area contributed by atoms with Crippen LogP contribution in [-0.4, -0.2) is 74.6 Å². The van der Waals surface area contributed by atoms with Crippen molar-refractivity contribution in [3.8, 4) is 33.7 Å². The molecule has 1 fully saturated rings. The van der Waals surface area contributed by atoms with Crippen LogP contribution >= 0.6 is 11.6 Å². The maximum Gasteiger partial charge on any atom is 0.332 e. The largest absolute Gasteiger partial charge is 0.507 e. The number of aromatic nitrogens is 3. The van der Waals surface area contributed by atoms with Gasteiger partial charge in [0.25, 0.3) is 0 Å². The summed E-state index contributed by atoms with van der Waals surface area (Å²) in [6, 6.07) is 11.0. The summed E-state index contributed by atoms with van der Waals surface area (Å²) in [6.45, 7) is 1.64. The molecule has 9 nitrogen and oxygen atoms in total. The van der Waals surface area contributed by atoms with Gasteiger partial charge < -0.3 is 25.0 Å². The van der Waals surface area contributed by atoms with Crippen LogP contribution in [0.2, 0.25) is 5.02 Å². The van der Waals surface area contributed by atoms with Crippen molar-refractivity contribution in [1.82, 2.24) is 24.3 Å². The average molecular weight is 577 g/mol. The zero-order valence-electron chi connectivity index (χ0n) is 22.8. The van der Waals surface area contributed by atoms with E-state index < -0.39 is 17.5 Å². The van der Waals surface area contributed by atoms with Gasteiger partial charge in [-0.15, -0.1) is 0 Å². The van der Waals surface area contributed by atoms with Crippen molar-refractivity contribution in [1.29, 1.82) is 0 Å². The Morgan fingerprint density at radius 1 is 1.12 bits per heavy atom. The molecule has 4 heterocycles. The molecule has 2 aliphatic rings. The molecule has 0 bridgehead atoms. The van der Waals surface area contributed by atoms with Gasteiger partial charge in [0.05, 0.1) is 16.8 Å². The summed E-state index contributed by atoms with van der Waals surface area (Å²) in [5.74, 6) is -0.0369. The van der Waals surface area contributed by atoms with Crippen molar-refractivity contribution < 1.29 is 14.6 Å². The van der Waals surface area contributed by atoms with Crippen LogP contribution < -0.4 is 15.9 Å². The predicted molar refractivity (Wildman–Crippen MR) is 157 cm³/mol. The molecular formula is C30H30ClFN6O3. The van der Waals surface area contributed by atoms with Crippen LogP contribution in [0.4, 0.5) is 10.2 Å². The third kappa shape index (κ3) is 4.39. The van der Waals surface area contributed by atoms with E-state index in [0.717, 1.165) is 12.2 Å². The average Bonchev–Trinajstić information content (AvgIpc) is 3.43. The lowest BCUT2D eigenvalue weighted by molar-refractivity contribution is 0.0499. The first kappa shape index (κ1) is 27.1. The van der Waals surface area contributed by atoms with E-state index in [0.29, 0.717) is 41.3 Å². The minimum atomic E-state index is -0.657. The molecule has 0 spiro atoms. The maximum absolute atomic E-state index is 15.0. The Kier molecular flexibility index (Phi) is 6.64. The van der Waals surface area contributed by atoms with Crippen LogP contribution in [0.5, 0.6) is 5.75 Å². The number of β-amino-alcohol motifs (C(OH)–C–C–N with tert-alkyl or cyclic N) is 1. The molecule has 0 saturated carbocycles. The van der Waals surface area contributed by atoms with E-state index in [1.54, 1.807) is 56.0 Å². The van der Waals surface area contributed by atoms with Crippen molar-refractivity contribution in [2.24, 2.45) is 7.05 Å². The molecule has 0 radical (unpaired) electrons. The van der Waals surface area contributed by atoms with Crippen LogP contribution in [-0.2, 0) is 7.05 Å². The molecule has 2 atom stereocenters. The number of nitrogens with zero attached hydrogens (tertiary/aromatic N) is 5. The molecule has 1 saturated heterocycles.